The van der Waals surface area contributed by atoms with Gasteiger partial charge in [0.1, 0.15) is 11.4 Å². The fraction of sp³-hybridized carbons (Fsp3) is 0.200. The Bertz CT molecular complexity index is 622. The molecule has 6 heteroatoms. The largest absolute Gasteiger partial charge is 0.573 e. The highest BCUT2D eigenvalue weighted by molar-refractivity contribution is 14.1. The van der Waals surface area contributed by atoms with Crippen LogP contribution in [0.15, 0.2) is 48.5 Å². The summed E-state index contributed by atoms with van der Waals surface area (Å²) in [5.74, 6) is -0.409. The number of alkyl halides is 3. The maximum absolute atomic E-state index is 12.5. The van der Waals surface area contributed by atoms with Crippen molar-refractivity contribution in [2.24, 2.45) is 0 Å². The first-order valence-corrected chi connectivity index (χ1v) is 7.12. The predicted octanol–water partition coefficient (Wildman–Crippen LogP) is 4.45. The van der Waals surface area contributed by atoms with Crippen molar-refractivity contribution in [1.82, 2.24) is 0 Å². The molecule has 1 atom stereocenters. The Balaban J connectivity index is 2.47. The Kier molecular flexibility index (Phi) is 4.48. The van der Waals surface area contributed by atoms with Gasteiger partial charge in [0.15, 0.2) is 0 Å². The van der Waals surface area contributed by atoms with Gasteiger partial charge in [-0.25, -0.2) is 0 Å². The van der Waals surface area contributed by atoms with Gasteiger partial charge in [-0.2, -0.15) is 0 Å². The first kappa shape index (κ1) is 16.1. The highest BCUT2D eigenvalue weighted by Crippen LogP contribution is 2.37. The lowest BCUT2D eigenvalue weighted by atomic mass is 9.88. The molecule has 0 bridgehead atoms. The molecule has 2 nitrogen and oxygen atoms in total. The summed E-state index contributed by atoms with van der Waals surface area (Å²) in [6.45, 7) is 1.44. The van der Waals surface area contributed by atoms with Crippen molar-refractivity contribution in [1.29, 1.82) is 0 Å². The number of hydrogen-bond acceptors (Lipinski definition) is 2. The molecule has 0 heterocycles. The summed E-state index contributed by atoms with van der Waals surface area (Å²) in [6.07, 6.45) is -4.81. The zero-order valence-corrected chi connectivity index (χ0v) is 13.1. The third-order valence-electron chi connectivity index (χ3n) is 3.04. The molecule has 0 aromatic heterocycles. The van der Waals surface area contributed by atoms with Crippen LogP contribution in [0, 0.1) is 3.57 Å². The van der Waals surface area contributed by atoms with Gasteiger partial charge in [-0.05, 0) is 53.3 Å². The van der Waals surface area contributed by atoms with Crippen molar-refractivity contribution in [3.8, 4) is 5.75 Å². The maximum Gasteiger partial charge on any atom is 0.573 e. The van der Waals surface area contributed by atoms with Crippen molar-refractivity contribution < 1.29 is 23.0 Å². The summed E-state index contributed by atoms with van der Waals surface area (Å²) in [6, 6.07) is 12.5. The van der Waals surface area contributed by atoms with Crippen molar-refractivity contribution in [2.75, 3.05) is 0 Å². The van der Waals surface area contributed by atoms with E-state index in [1.54, 1.807) is 30.3 Å². The van der Waals surface area contributed by atoms with Crippen molar-refractivity contribution in [3.63, 3.8) is 0 Å². The Morgan fingerprint density at radius 3 is 2.14 bits per heavy atom. The van der Waals surface area contributed by atoms with Crippen LogP contribution >= 0.6 is 22.6 Å². The van der Waals surface area contributed by atoms with Crippen molar-refractivity contribution in [2.45, 2.75) is 18.9 Å². The lowest BCUT2D eigenvalue weighted by Crippen LogP contribution is -2.26. The zero-order valence-electron chi connectivity index (χ0n) is 11.0. The van der Waals surface area contributed by atoms with E-state index >= 15 is 0 Å². The summed E-state index contributed by atoms with van der Waals surface area (Å²) in [4.78, 5) is 0. The molecule has 0 radical (unpaired) electrons. The minimum Gasteiger partial charge on any atom is -0.405 e. The average Bonchev–Trinajstić information content (AvgIpc) is 2.37. The van der Waals surface area contributed by atoms with Gasteiger partial charge in [0.25, 0.3) is 0 Å². The van der Waals surface area contributed by atoms with Crippen LogP contribution in [0.4, 0.5) is 13.2 Å². The van der Waals surface area contributed by atoms with E-state index in [4.69, 9.17) is 0 Å². The van der Waals surface area contributed by atoms with Crippen molar-refractivity contribution in [3.05, 3.63) is 63.2 Å². The highest BCUT2D eigenvalue weighted by atomic mass is 127. The summed E-state index contributed by atoms with van der Waals surface area (Å²) in [5.41, 5.74) is -1.05. The van der Waals surface area contributed by atoms with E-state index < -0.39 is 17.7 Å². The van der Waals surface area contributed by atoms with E-state index in [9.17, 15) is 18.3 Å². The molecule has 0 fully saturated rings. The van der Waals surface area contributed by atoms with E-state index in [0.717, 1.165) is 3.57 Å². The van der Waals surface area contributed by atoms with E-state index in [1.165, 1.54) is 25.1 Å². The van der Waals surface area contributed by atoms with Crippen LogP contribution in [0.3, 0.4) is 0 Å². The smallest absolute Gasteiger partial charge is 0.405 e. The highest BCUT2D eigenvalue weighted by Gasteiger charge is 2.36. The number of aliphatic hydroxyl groups is 1. The molecule has 0 spiro atoms. The van der Waals surface area contributed by atoms with Crippen LogP contribution in [0.25, 0.3) is 0 Å². The second-order valence-corrected chi connectivity index (χ2v) is 5.87. The number of para-hydroxylation sites is 1. The molecular weight excluding hydrogens is 396 g/mol. The van der Waals surface area contributed by atoms with Gasteiger partial charge in [0, 0.05) is 9.13 Å². The van der Waals surface area contributed by atoms with Gasteiger partial charge in [-0.3, -0.25) is 0 Å². The van der Waals surface area contributed by atoms with Gasteiger partial charge in [0.2, 0.25) is 0 Å². The number of ether oxygens (including phenoxy) is 1. The lowest BCUT2D eigenvalue weighted by Gasteiger charge is -2.27. The maximum atomic E-state index is 12.5. The standard InChI is InChI=1S/C15H12F3IO2/c1-14(20,10-6-8-11(19)9-7-10)12-4-2-3-5-13(12)21-15(16,17)18/h2-9,20H,1H3. The first-order chi connectivity index (χ1) is 9.70. The Hall–Kier alpha value is -1.28. The summed E-state index contributed by atoms with van der Waals surface area (Å²) >= 11 is 2.11. The predicted molar refractivity (Wildman–Crippen MR) is 81.0 cm³/mol. The molecule has 0 saturated carbocycles. The van der Waals surface area contributed by atoms with Gasteiger partial charge in [-0.1, -0.05) is 30.3 Å². The molecule has 1 N–H and O–H groups in total. The summed E-state index contributed by atoms with van der Waals surface area (Å²) in [5, 5.41) is 10.7. The molecule has 2 aromatic rings. The molecule has 0 amide bonds. The second kappa shape index (κ2) is 5.84. The van der Waals surface area contributed by atoms with Gasteiger partial charge >= 0.3 is 6.36 Å². The van der Waals surface area contributed by atoms with Crippen LogP contribution in [-0.4, -0.2) is 11.5 Å². The van der Waals surface area contributed by atoms with Gasteiger partial charge in [-0.15, -0.1) is 13.2 Å². The minimum atomic E-state index is -4.81. The number of benzene rings is 2. The fourth-order valence-corrected chi connectivity index (χ4v) is 2.37. The monoisotopic (exact) mass is 408 g/mol. The molecule has 2 aromatic carbocycles. The molecule has 112 valence electrons. The Morgan fingerprint density at radius 2 is 1.57 bits per heavy atom. The average molecular weight is 408 g/mol. The summed E-state index contributed by atoms with van der Waals surface area (Å²) in [7, 11) is 0. The van der Waals surface area contributed by atoms with Crippen LogP contribution in [0.1, 0.15) is 18.1 Å². The molecule has 0 aliphatic rings. The quantitative estimate of drug-likeness (QED) is 0.761. The lowest BCUT2D eigenvalue weighted by molar-refractivity contribution is -0.275. The molecule has 0 aliphatic heterocycles. The van der Waals surface area contributed by atoms with Crippen LogP contribution in [-0.2, 0) is 5.60 Å². The van der Waals surface area contributed by atoms with Crippen LogP contribution in [0.2, 0.25) is 0 Å². The minimum absolute atomic E-state index is 0.0588. The third kappa shape index (κ3) is 3.88. The molecule has 2 rings (SSSR count). The van der Waals surface area contributed by atoms with E-state index in [2.05, 4.69) is 27.3 Å². The topological polar surface area (TPSA) is 29.5 Å². The second-order valence-electron chi connectivity index (χ2n) is 4.62. The van der Waals surface area contributed by atoms with Crippen LogP contribution < -0.4 is 4.74 Å². The van der Waals surface area contributed by atoms with Gasteiger partial charge < -0.3 is 9.84 Å². The normalized spacial score (nSPS) is 14.6. The number of hydrogen-bond donors (Lipinski definition) is 1. The molecular formula is C15H12F3IO2. The van der Waals surface area contributed by atoms with Crippen LogP contribution in [0.5, 0.6) is 5.75 Å². The molecule has 0 aliphatic carbocycles. The number of halogens is 4. The molecule has 0 saturated heterocycles. The molecule has 1 unspecified atom stereocenters. The SMILES string of the molecule is CC(O)(c1ccc(I)cc1)c1ccccc1OC(F)(F)F. The third-order valence-corrected chi connectivity index (χ3v) is 3.76. The van der Waals surface area contributed by atoms with E-state index in [-0.39, 0.29) is 5.56 Å². The fourth-order valence-electron chi connectivity index (χ4n) is 2.01. The van der Waals surface area contributed by atoms with Gasteiger partial charge in [0.05, 0.1) is 0 Å². The zero-order chi connectivity index (χ0) is 15.7. The van der Waals surface area contributed by atoms with E-state index in [1.807, 2.05) is 0 Å². The van der Waals surface area contributed by atoms with Crippen molar-refractivity contribution >= 4 is 22.6 Å². The Morgan fingerprint density at radius 1 is 1.00 bits per heavy atom. The first-order valence-electron chi connectivity index (χ1n) is 6.04. The number of rotatable bonds is 3. The van der Waals surface area contributed by atoms with E-state index in [0.29, 0.717) is 5.56 Å². The summed E-state index contributed by atoms with van der Waals surface area (Å²) < 4.78 is 42.3. The molecule has 21 heavy (non-hydrogen) atoms. The Labute approximate surface area is 133 Å².